The largest absolute Gasteiger partial charge is 0.508 e. The molecular formula is C13H18Cl2N2O3S. The standard InChI is InChI=1S/C13H18Cl2N2O3S/c1-21(19,20)17-7-9-6-8(4-5-16-9)12-11(18)3-2-10(14)13(12)15/h2-3,8-9,16-18H,4-7H2,1H3/t8-,9+/m0/s1. The Morgan fingerprint density at radius 3 is 2.81 bits per heavy atom. The summed E-state index contributed by atoms with van der Waals surface area (Å²) in [5, 5.41) is 14.1. The van der Waals surface area contributed by atoms with Gasteiger partial charge in [-0.15, -0.1) is 0 Å². The molecule has 5 nitrogen and oxygen atoms in total. The summed E-state index contributed by atoms with van der Waals surface area (Å²) in [7, 11) is -3.22. The lowest BCUT2D eigenvalue weighted by atomic mass is 9.86. The predicted molar refractivity (Wildman–Crippen MR) is 84.7 cm³/mol. The van der Waals surface area contributed by atoms with E-state index in [1.165, 1.54) is 6.07 Å². The molecule has 1 aliphatic heterocycles. The van der Waals surface area contributed by atoms with E-state index in [1.54, 1.807) is 6.07 Å². The number of hydrogen-bond acceptors (Lipinski definition) is 4. The van der Waals surface area contributed by atoms with E-state index < -0.39 is 10.0 Å². The van der Waals surface area contributed by atoms with Gasteiger partial charge in [0.05, 0.1) is 16.3 Å². The quantitative estimate of drug-likeness (QED) is 0.775. The fourth-order valence-electron chi connectivity index (χ4n) is 2.62. The molecule has 0 radical (unpaired) electrons. The topological polar surface area (TPSA) is 78.4 Å². The molecule has 1 heterocycles. The molecule has 21 heavy (non-hydrogen) atoms. The molecule has 1 aromatic rings. The molecule has 0 unspecified atom stereocenters. The molecule has 2 atom stereocenters. The molecule has 3 N–H and O–H groups in total. The molecule has 0 saturated carbocycles. The van der Waals surface area contributed by atoms with E-state index in [-0.39, 0.29) is 17.7 Å². The SMILES string of the molecule is CS(=O)(=O)NC[C@H]1C[C@@H](c2c(O)ccc(Cl)c2Cl)CCN1. The molecule has 1 fully saturated rings. The fraction of sp³-hybridized carbons (Fsp3) is 0.538. The molecule has 118 valence electrons. The zero-order valence-electron chi connectivity index (χ0n) is 11.6. The first-order valence-electron chi connectivity index (χ1n) is 6.63. The monoisotopic (exact) mass is 352 g/mol. The van der Waals surface area contributed by atoms with Crippen molar-refractivity contribution in [1.29, 1.82) is 0 Å². The molecule has 0 amide bonds. The maximum atomic E-state index is 11.2. The number of phenols is 1. The van der Waals surface area contributed by atoms with Crippen LogP contribution in [0, 0.1) is 0 Å². The Kier molecular flexibility index (Phi) is 5.38. The maximum absolute atomic E-state index is 11.2. The van der Waals surface area contributed by atoms with Gasteiger partial charge < -0.3 is 10.4 Å². The van der Waals surface area contributed by atoms with Gasteiger partial charge in [0.2, 0.25) is 10.0 Å². The van der Waals surface area contributed by atoms with Gasteiger partial charge in [-0.05, 0) is 37.4 Å². The zero-order chi connectivity index (χ0) is 15.6. The number of sulfonamides is 1. The second kappa shape index (κ2) is 6.71. The molecular weight excluding hydrogens is 335 g/mol. The van der Waals surface area contributed by atoms with Gasteiger partial charge in [0, 0.05) is 18.2 Å². The Labute approximate surface area is 134 Å². The Morgan fingerprint density at radius 1 is 1.43 bits per heavy atom. The van der Waals surface area contributed by atoms with Crippen LogP contribution in [-0.2, 0) is 10.0 Å². The van der Waals surface area contributed by atoms with Crippen LogP contribution in [0.15, 0.2) is 12.1 Å². The predicted octanol–water partition coefficient (Wildman–Crippen LogP) is 2.08. The maximum Gasteiger partial charge on any atom is 0.208 e. The third kappa shape index (κ3) is 4.47. The van der Waals surface area contributed by atoms with Gasteiger partial charge in [0.15, 0.2) is 0 Å². The molecule has 1 aromatic carbocycles. The summed E-state index contributed by atoms with van der Waals surface area (Å²) in [6.07, 6.45) is 2.62. The van der Waals surface area contributed by atoms with Crippen LogP contribution in [0.2, 0.25) is 10.0 Å². The minimum Gasteiger partial charge on any atom is -0.508 e. The summed E-state index contributed by atoms with van der Waals surface area (Å²) in [6.45, 7) is 1.04. The minimum absolute atomic E-state index is 0.00655. The summed E-state index contributed by atoms with van der Waals surface area (Å²) in [6, 6.07) is 3.09. The minimum atomic E-state index is -3.22. The Balaban J connectivity index is 2.13. The number of piperidine rings is 1. The Morgan fingerprint density at radius 2 is 2.14 bits per heavy atom. The number of benzene rings is 1. The lowest BCUT2D eigenvalue weighted by Gasteiger charge is -2.31. The van der Waals surface area contributed by atoms with E-state index in [2.05, 4.69) is 10.0 Å². The second-order valence-electron chi connectivity index (χ2n) is 5.29. The van der Waals surface area contributed by atoms with Crippen molar-refractivity contribution in [2.24, 2.45) is 0 Å². The van der Waals surface area contributed by atoms with E-state index in [0.717, 1.165) is 19.2 Å². The molecule has 0 aromatic heterocycles. The summed E-state index contributed by atoms with van der Waals surface area (Å²) >= 11 is 12.2. The highest BCUT2D eigenvalue weighted by atomic mass is 35.5. The number of halogens is 2. The van der Waals surface area contributed by atoms with Gasteiger partial charge in [-0.1, -0.05) is 23.2 Å². The van der Waals surface area contributed by atoms with E-state index in [4.69, 9.17) is 23.2 Å². The lowest BCUT2D eigenvalue weighted by Crippen LogP contribution is -2.45. The summed E-state index contributed by atoms with van der Waals surface area (Å²) in [5.74, 6) is 0.176. The molecule has 0 aliphatic carbocycles. The van der Waals surface area contributed by atoms with Crippen molar-refractivity contribution in [3.63, 3.8) is 0 Å². The molecule has 8 heteroatoms. The van der Waals surface area contributed by atoms with Crippen LogP contribution in [0.1, 0.15) is 24.3 Å². The summed E-state index contributed by atoms with van der Waals surface area (Å²) in [5.41, 5.74) is 0.648. The smallest absolute Gasteiger partial charge is 0.208 e. The van der Waals surface area contributed by atoms with Crippen molar-refractivity contribution in [3.8, 4) is 5.75 Å². The number of nitrogens with one attached hydrogen (secondary N) is 2. The van der Waals surface area contributed by atoms with Gasteiger partial charge in [-0.3, -0.25) is 0 Å². The Hall–Kier alpha value is -0.530. The van der Waals surface area contributed by atoms with Gasteiger partial charge in [0.1, 0.15) is 5.75 Å². The second-order valence-corrected chi connectivity index (χ2v) is 7.91. The number of hydrogen-bond donors (Lipinski definition) is 3. The number of aromatic hydroxyl groups is 1. The van der Waals surface area contributed by atoms with Crippen LogP contribution in [0.25, 0.3) is 0 Å². The average molecular weight is 353 g/mol. The van der Waals surface area contributed by atoms with Crippen molar-refractivity contribution in [2.75, 3.05) is 19.3 Å². The highest BCUT2D eigenvalue weighted by molar-refractivity contribution is 7.88. The first-order valence-corrected chi connectivity index (χ1v) is 9.27. The molecule has 2 rings (SSSR count). The van der Waals surface area contributed by atoms with Crippen LogP contribution in [-0.4, -0.2) is 38.9 Å². The summed E-state index contributed by atoms with van der Waals surface area (Å²) in [4.78, 5) is 0. The fourth-order valence-corrected chi connectivity index (χ4v) is 3.60. The van der Waals surface area contributed by atoms with E-state index in [0.29, 0.717) is 28.6 Å². The molecule has 1 aliphatic rings. The van der Waals surface area contributed by atoms with Crippen LogP contribution >= 0.6 is 23.2 Å². The molecule has 0 spiro atoms. The van der Waals surface area contributed by atoms with Crippen molar-refractivity contribution in [1.82, 2.24) is 10.0 Å². The van der Waals surface area contributed by atoms with Crippen LogP contribution in [0.4, 0.5) is 0 Å². The average Bonchev–Trinajstić information content (AvgIpc) is 2.41. The number of rotatable bonds is 4. The third-order valence-corrected chi connectivity index (χ3v) is 5.11. The highest BCUT2D eigenvalue weighted by Crippen LogP contribution is 2.41. The van der Waals surface area contributed by atoms with Crippen LogP contribution in [0.3, 0.4) is 0 Å². The zero-order valence-corrected chi connectivity index (χ0v) is 13.9. The van der Waals surface area contributed by atoms with Crippen molar-refractivity contribution in [3.05, 3.63) is 27.7 Å². The first kappa shape index (κ1) is 16.8. The van der Waals surface area contributed by atoms with Crippen LogP contribution < -0.4 is 10.0 Å². The van der Waals surface area contributed by atoms with Gasteiger partial charge in [-0.2, -0.15) is 0 Å². The van der Waals surface area contributed by atoms with E-state index >= 15 is 0 Å². The van der Waals surface area contributed by atoms with E-state index in [9.17, 15) is 13.5 Å². The highest BCUT2D eigenvalue weighted by Gasteiger charge is 2.27. The first-order chi connectivity index (χ1) is 9.78. The normalized spacial score (nSPS) is 23.2. The van der Waals surface area contributed by atoms with E-state index in [1.807, 2.05) is 0 Å². The Bertz CT molecular complexity index is 622. The lowest BCUT2D eigenvalue weighted by molar-refractivity contribution is 0.352. The van der Waals surface area contributed by atoms with Crippen molar-refractivity contribution >= 4 is 33.2 Å². The van der Waals surface area contributed by atoms with Gasteiger partial charge >= 0.3 is 0 Å². The number of phenolic OH excluding ortho intramolecular Hbond substituents is 1. The van der Waals surface area contributed by atoms with Crippen LogP contribution in [0.5, 0.6) is 5.75 Å². The third-order valence-electron chi connectivity index (χ3n) is 3.60. The summed E-state index contributed by atoms with van der Waals surface area (Å²) < 4.78 is 24.8. The van der Waals surface area contributed by atoms with Gasteiger partial charge in [0.25, 0.3) is 0 Å². The molecule has 1 saturated heterocycles. The van der Waals surface area contributed by atoms with Gasteiger partial charge in [-0.25, -0.2) is 13.1 Å². The van der Waals surface area contributed by atoms with Crippen molar-refractivity contribution in [2.45, 2.75) is 24.8 Å². The van der Waals surface area contributed by atoms with Crippen molar-refractivity contribution < 1.29 is 13.5 Å². The molecule has 0 bridgehead atoms.